The van der Waals surface area contributed by atoms with Gasteiger partial charge in [0.15, 0.2) is 0 Å². The maximum atomic E-state index is 11.5. The van der Waals surface area contributed by atoms with Crippen molar-refractivity contribution in [2.24, 2.45) is 0 Å². The van der Waals surface area contributed by atoms with E-state index in [0.717, 1.165) is 5.56 Å². The summed E-state index contributed by atoms with van der Waals surface area (Å²) in [5, 5.41) is 11.6. The van der Waals surface area contributed by atoms with Crippen LogP contribution >= 0.6 is 11.6 Å². The van der Waals surface area contributed by atoms with Crippen molar-refractivity contribution in [3.05, 3.63) is 34.9 Å². The van der Waals surface area contributed by atoms with Crippen LogP contribution in [0.1, 0.15) is 5.56 Å². The van der Waals surface area contributed by atoms with Crippen molar-refractivity contribution < 1.29 is 19.4 Å². The number of halogens is 1. The van der Waals surface area contributed by atoms with E-state index in [0.29, 0.717) is 5.02 Å². The molecule has 0 heterocycles. The van der Waals surface area contributed by atoms with Crippen LogP contribution in [0.25, 0.3) is 0 Å². The van der Waals surface area contributed by atoms with Crippen LogP contribution in [-0.2, 0) is 20.7 Å². The van der Waals surface area contributed by atoms with Crippen molar-refractivity contribution in [2.75, 3.05) is 13.7 Å². The van der Waals surface area contributed by atoms with E-state index in [-0.39, 0.29) is 6.42 Å². The Morgan fingerprint density at radius 3 is 2.50 bits per heavy atom. The van der Waals surface area contributed by atoms with Crippen molar-refractivity contribution in [3.63, 3.8) is 0 Å². The Kier molecular flexibility index (Phi) is 5.61. The van der Waals surface area contributed by atoms with Crippen LogP contribution in [0.15, 0.2) is 24.3 Å². The van der Waals surface area contributed by atoms with Gasteiger partial charge in [0.2, 0.25) is 5.91 Å². The average Bonchev–Trinajstić information content (AvgIpc) is 2.39. The molecule has 0 aromatic heterocycles. The predicted molar refractivity (Wildman–Crippen MR) is 66.2 cm³/mol. The molecule has 0 fully saturated rings. The Morgan fingerprint density at radius 1 is 1.39 bits per heavy atom. The Morgan fingerprint density at radius 2 is 2.00 bits per heavy atom. The zero-order valence-electron chi connectivity index (χ0n) is 9.85. The number of aliphatic hydroxyl groups is 1. The molecule has 5 nitrogen and oxygen atoms in total. The SMILES string of the molecule is COC(=O)[C@@H](Cc1ccc(Cl)cc1)NC(=O)CO. The molecular formula is C12H14ClNO4. The molecule has 18 heavy (non-hydrogen) atoms. The number of aliphatic hydroxyl groups excluding tert-OH is 1. The quantitative estimate of drug-likeness (QED) is 0.766. The van der Waals surface area contributed by atoms with Crippen LogP contribution in [-0.4, -0.2) is 36.7 Å². The summed E-state index contributed by atoms with van der Waals surface area (Å²) >= 11 is 5.75. The first-order valence-corrected chi connectivity index (χ1v) is 5.67. The fourth-order valence-corrected chi connectivity index (χ4v) is 1.56. The van der Waals surface area contributed by atoms with E-state index >= 15 is 0 Å². The van der Waals surface area contributed by atoms with Gasteiger partial charge in [-0.15, -0.1) is 0 Å². The second-order valence-corrected chi connectivity index (χ2v) is 4.07. The van der Waals surface area contributed by atoms with Crippen molar-refractivity contribution in [1.82, 2.24) is 5.32 Å². The summed E-state index contributed by atoms with van der Waals surface area (Å²) < 4.78 is 4.59. The lowest BCUT2D eigenvalue weighted by molar-refractivity contribution is -0.145. The van der Waals surface area contributed by atoms with Crippen molar-refractivity contribution in [1.29, 1.82) is 0 Å². The summed E-state index contributed by atoms with van der Waals surface area (Å²) in [6.45, 7) is -0.673. The fourth-order valence-electron chi connectivity index (χ4n) is 1.43. The highest BCUT2D eigenvalue weighted by molar-refractivity contribution is 6.30. The van der Waals surface area contributed by atoms with E-state index < -0.39 is 24.5 Å². The minimum absolute atomic E-state index is 0.273. The molecule has 1 aromatic rings. The molecule has 0 bridgehead atoms. The average molecular weight is 272 g/mol. The van der Waals surface area contributed by atoms with Gasteiger partial charge < -0.3 is 15.2 Å². The van der Waals surface area contributed by atoms with Gasteiger partial charge in [-0.1, -0.05) is 23.7 Å². The van der Waals surface area contributed by atoms with E-state index in [1.807, 2.05) is 0 Å². The Bertz CT molecular complexity index is 419. The van der Waals surface area contributed by atoms with Gasteiger partial charge in [-0.3, -0.25) is 4.79 Å². The molecular weight excluding hydrogens is 258 g/mol. The Hall–Kier alpha value is -1.59. The molecule has 1 aromatic carbocycles. The molecule has 0 aliphatic heterocycles. The summed E-state index contributed by atoms with van der Waals surface area (Å²) in [4.78, 5) is 22.6. The number of rotatable bonds is 5. The lowest BCUT2D eigenvalue weighted by Crippen LogP contribution is -2.44. The maximum absolute atomic E-state index is 11.5. The van der Waals surface area contributed by atoms with Gasteiger partial charge in [0, 0.05) is 11.4 Å². The number of benzene rings is 1. The lowest BCUT2D eigenvalue weighted by atomic mass is 10.1. The number of carbonyl (C=O) groups excluding carboxylic acids is 2. The first kappa shape index (κ1) is 14.5. The zero-order chi connectivity index (χ0) is 13.5. The molecule has 0 aliphatic rings. The monoisotopic (exact) mass is 271 g/mol. The first-order chi connectivity index (χ1) is 8.56. The third-order valence-corrected chi connectivity index (χ3v) is 2.57. The van der Waals surface area contributed by atoms with Gasteiger partial charge in [-0.05, 0) is 17.7 Å². The number of carbonyl (C=O) groups is 2. The van der Waals surface area contributed by atoms with Gasteiger partial charge in [-0.2, -0.15) is 0 Å². The second kappa shape index (κ2) is 6.98. The molecule has 0 saturated heterocycles. The predicted octanol–water partition coefficient (Wildman–Crippen LogP) is 0.533. The summed E-state index contributed by atoms with van der Waals surface area (Å²) in [5.41, 5.74) is 0.827. The summed E-state index contributed by atoms with van der Waals surface area (Å²) in [6, 6.07) is 6.07. The number of ether oxygens (including phenoxy) is 1. The van der Waals surface area contributed by atoms with Crippen molar-refractivity contribution in [2.45, 2.75) is 12.5 Å². The molecule has 1 rings (SSSR count). The van der Waals surface area contributed by atoms with Gasteiger partial charge >= 0.3 is 5.97 Å². The normalized spacial score (nSPS) is 11.7. The standard InChI is InChI=1S/C12H14ClNO4/c1-18-12(17)10(14-11(16)7-15)6-8-2-4-9(13)5-3-8/h2-5,10,15H,6-7H2,1H3,(H,14,16)/t10-/m1/s1. The van der Waals surface area contributed by atoms with Gasteiger partial charge in [0.1, 0.15) is 12.6 Å². The van der Waals surface area contributed by atoms with E-state index in [9.17, 15) is 9.59 Å². The van der Waals surface area contributed by atoms with Crippen LogP contribution in [0.4, 0.5) is 0 Å². The van der Waals surface area contributed by atoms with Crippen LogP contribution in [0, 0.1) is 0 Å². The van der Waals surface area contributed by atoms with Gasteiger partial charge in [0.05, 0.1) is 7.11 Å². The molecule has 1 atom stereocenters. The minimum Gasteiger partial charge on any atom is -0.467 e. The van der Waals surface area contributed by atoms with Gasteiger partial charge in [0.25, 0.3) is 0 Å². The number of hydrogen-bond acceptors (Lipinski definition) is 4. The van der Waals surface area contributed by atoms with E-state index in [1.165, 1.54) is 7.11 Å². The van der Waals surface area contributed by atoms with E-state index in [2.05, 4.69) is 10.1 Å². The number of hydrogen-bond donors (Lipinski definition) is 2. The Balaban J connectivity index is 2.74. The highest BCUT2D eigenvalue weighted by Crippen LogP contribution is 2.11. The molecule has 0 aliphatic carbocycles. The van der Waals surface area contributed by atoms with Crippen LogP contribution in [0.3, 0.4) is 0 Å². The number of amides is 1. The number of esters is 1. The molecule has 6 heteroatoms. The summed E-state index contributed by atoms with van der Waals surface area (Å²) in [7, 11) is 1.24. The molecule has 0 spiro atoms. The number of methoxy groups -OCH3 is 1. The summed E-state index contributed by atoms with van der Waals surface area (Å²) in [5.74, 6) is -1.19. The first-order valence-electron chi connectivity index (χ1n) is 5.29. The molecule has 0 unspecified atom stereocenters. The zero-order valence-corrected chi connectivity index (χ0v) is 10.6. The maximum Gasteiger partial charge on any atom is 0.328 e. The van der Waals surface area contributed by atoms with E-state index in [4.69, 9.17) is 16.7 Å². The molecule has 2 N–H and O–H groups in total. The topological polar surface area (TPSA) is 75.6 Å². The number of nitrogens with one attached hydrogen (secondary N) is 1. The smallest absolute Gasteiger partial charge is 0.328 e. The molecule has 98 valence electrons. The van der Waals surface area contributed by atoms with Crippen molar-refractivity contribution >= 4 is 23.5 Å². The fraction of sp³-hybridized carbons (Fsp3) is 0.333. The van der Waals surface area contributed by atoms with Crippen molar-refractivity contribution in [3.8, 4) is 0 Å². The van der Waals surface area contributed by atoms with E-state index in [1.54, 1.807) is 24.3 Å². The second-order valence-electron chi connectivity index (χ2n) is 3.63. The molecule has 1 amide bonds. The Labute approximate surface area is 110 Å². The highest BCUT2D eigenvalue weighted by atomic mass is 35.5. The van der Waals surface area contributed by atoms with Crippen LogP contribution in [0.5, 0.6) is 0 Å². The third kappa shape index (κ3) is 4.35. The largest absolute Gasteiger partial charge is 0.467 e. The van der Waals surface area contributed by atoms with Gasteiger partial charge in [-0.25, -0.2) is 4.79 Å². The lowest BCUT2D eigenvalue weighted by Gasteiger charge is -2.15. The summed E-state index contributed by atoms with van der Waals surface area (Å²) in [6.07, 6.45) is 0.273. The third-order valence-electron chi connectivity index (χ3n) is 2.32. The highest BCUT2D eigenvalue weighted by Gasteiger charge is 2.21. The molecule has 0 radical (unpaired) electrons. The van der Waals surface area contributed by atoms with Crippen LogP contribution < -0.4 is 5.32 Å². The minimum atomic E-state index is -0.823. The van der Waals surface area contributed by atoms with Crippen LogP contribution in [0.2, 0.25) is 5.02 Å². The molecule has 0 saturated carbocycles.